The first-order valence-corrected chi connectivity index (χ1v) is 8.19. The fourth-order valence-electron chi connectivity index (χ4n) is 2.09. The minimum Gasteiger partial charge on any atom is -0.462 e. The lowest BCUT2D eigenvalue weighted by molar-refractivity contribution is 0.0473. The summed E-state index contributed by atoms with van der Waals surface area (Å²) in [6.07, 6.45) is 6.79. The third-order valence-electron chi connectivity index (χ3n) is 3.40. The molecule has 0 aromatic heterocycles. The number of unbranched alkanes of at least 4 members (excludes halogenated alkanes) is 5. The Balaban J connectivity index is 2.29. The molecule has 1 aromatic rings. The molecule has 23 heavy (non-hydrogen) atoms. The van der Waals surface area contributed by atoms with Gasteiger partial charge in [-0.3, -0.25) is 0 Å². The topological polar surface area (TPSA) is 52.6 Å². The number of carbonyl (C=O) groups is 2. The van der Waals surface area contributed by atoms with E-state index < -0.39 is 18.6 Å². The van der Waals surface area contributed by atoms with Crippen LogP contribution in [0.25, 0.3) is 0 Å². The van der Waals surface area contributed by atoms with E-state index in [9.17, 15) is 14.0 Å². The predicted octanol–water partition coefficient (Wildman–Crippen LogP) is 4.33. The molecule has 0 aliphatic carbocycles. The van der Waals surface area contributed by atoms with E-state index in [-0.39, 0.29) is 12.2 Å². The second-order valence-corrected chi connectivity index (χ2v) is 5.31. The van der Waals surface area contributed by atoms with Crippen LogP contribution >= 0.6 is 0 Å². The van der Waals surface area contributed by atoms with Crippen LogP contribution in [0.3, 0.4) is 0 Å². The van der Waals surface area contributed by atoms with Gasteiger partial charge in [-0.1, -0.05) is 39.0 Å². The molecular weight excluding hydrogens is 299 g/mol. The van der Waals surface area contributed by atoms with Crippen LogP contribution in [0, 0.1) is 0 Å². The Morgan fingerprint density at radius 2 is 1.30 bits per heavy atom. The third-order valence-corrected chi connectivity index (χ3v) is 3.40. The third kappa shape index (κ3) is 7.77. The van der Waals surface area contributed by atoms with Crippen LogP contribution < -0.4 is 0 Å². The highest BCUT2D eigenvalue weighted by Crippen LogP contribution is 2.09. The number of esters is 2. The minimum atomic E-state index is -0.714. The summed E-state index contributed by atoms with van der Waals surface area (Å²) in [5.74, 6) is -1.00. The molecule has 0 radical (unpaired) electrons. The normalized spacial score (nSPS) is 10.3. The summed E-state index contributed by atoms with van der Waals surface area (Å²) in [6, 6.07) is 5.97. The number of alkyl halides is 1. The SMILES string of the molecule is CCCCCCCCOC(=O)c1ccc(C(=O)OCCF)cc1. The Hall–Kier alpha value is -1.91. The number of benzene rings is 1. The van der Waals surface area contributed by atoms with Gasteiger partial charge in [0.2, 0.25) is 0 Å². The lowest BCUT2D eigenvalue weighted by atomic mass is 10.1. The molecule has 0 unspecified atom stereocenters. The van der Waals surface area contributed by atoms with Gasteiger partial charge in [0, 0.05) is 0 Å². The van der Waals surface area contributed by atoms with E-state index in [4.69, 9.17) is 4.74 Å². The van der Waals surface area contributed by atoms with E-state index >= 15 is 0 Å². The van der Waals surface area contributed by atoms with E-state index in [1.165, 1.54) is 49.9 Å². The summed E-state index contributed by atoms with van der Waals surface area (Å²) in [5.41, 5.74) is 0.670. The molecule has 0 aliphatic heterocycles. The van der Waals surface area contributed by atoms with Crippen molar-refractivity contribution >= 4 is 11.9 Å². The lowest BCUT2D eigenvalue weighted by Gasteiger charge is -2.06. The molecule has 1 aromatic carbocycles. The van der Waals surface area contributed by atoms with Crippen molar-refractivity contribution in [1.82, 2.24) is 0 Å². The second kappa shape index (κ2) is 11.6. The fraction of sp³-hybridized carbons (Fsp3) is 0.556. The Bertz CT molecular complexity index is 470. The average molecular weight is 324 g/mol. The molecule has 0 amide bonds. The first-order chi connectivity index (χ1) is 11.2. The lowest BCUT2D eigenvalue weighted by Crippen LogP contribution is -2.09. The van der Waals surface area contributed by atoms with Crippen LogP contribution in [-0.2, 0) is 9.47 Å². The number of rotatable bonds is 11. The zero-order valence-electron chi connectivity index (χ0n) is 13.7. The molecule has 5 heteroatoms. The number of carbonyl (C=O) groups excluding carboxylic acids is 2. The minimum absolute atomic E-state index is 0.263. The van der Waals surface area contributed by atoms with Gasteiger partial charge in [-0.15, -0.1) is 0 Å². The Morgan fingerprint density at radius 3 is 1.83 bits per heavy atom. The number of hydrogen-bond donors (Lipinski definition) is 0. The van der Waals surface area contributed by atoms with Crippen molar-refractivity contribution in [2.24, 2.45) is 0 Å². The van der Waals surface area contributed by atoms with Gasteiger partial charge in [-0.05, 0) is 30.7 Å². The number of hydrogen-bond acceptors (Lipinski definition) is 4. The van der Waals surface area contributed by atoms with Crippen molar-refractivity contribution < 1.29 is 23.5 Å². The summed E-state index contributed by atoms with van der Waals surface area (Å²) in [5, 5.41) is 0. The standard InChI is InChI=1S/C18H25FO4/c1-2-3-4-5-6-7-13-22-17(20)15-8-10-16(11-9-15)18(21)23-14-12-19/h8-11H,2-7,12-14H2,1H3. The highest BCUT2D eigenvalue weighted by atomic mass is 19.1. The van der Waals surface area contributed by atoms with Crippen LogP contribution in [0.2, 0.25) is 0 Å². The first-order valence-electron chi connectivity index (χ1n) is 8.19. The van der Waals surface area contributed by atoms with Crippen molar-refractivity contribution in [3.05, 3.63) is 35.4 Å². The molecular formula is C18H25FO4. The number of halogens is 1. The van der Waals surface area contributed by atoms with Gasteiger partial charge in [-0.2, -0.15) is 0 Å². The molecule has 0 atom stereocenters. The van der Waals surface area contributed by atoms with E-state index in [1.54, 1.807) is 0 Å². The summed E-state index contributed by atoms with van der Waals surface area (Å²) >= 11 is 0. The molecule has 0 spiro atoms. The van der Waals surface area contributed by atoms with Crippen LogP contribution in [0.4, 0.5) is 4.39 Å². The maximum atomic E-state index is 11.9. The maximum Gasteiger partial charge on any atom is 0.338 e. The highest BCUT2D eigenvalue weighted by molar-refractivity contribution is 5.93. The molecule has 1 rings (SSSR count). The van der Waals surface area contributed by atoms with Gasteiger partial charge in [-0.25, -0.2) is 14.0 Å². The van der Waals surface area contributed by atoms with Gasteiger partial charge in [0.25, 0.3) is 0 Å². The van der Waals surface area contributed by atoms with Crippen molar-refractivity contribution in [3.63, 3.8) is 0 Å². The quantitative estimate of drug-likeness (QED) is 0.449. The van der Waals surface area contributed by atoms with Crippen molar-refractivity contribution in [1.29, 1.82) is 0 Å². The molecule has 0 heterocycles. The van der Waals surface area contributed by atoms with Gasteiger partial charge in [0.1, 0.15) is 13.3 Å². The monoisotopic (exact) mass is 324 g/mol. The fourth-order valence-corrected chi connectivity index (χ4v) is 2.09. The smallest absolute Gasteiger partial charge is 0.338 e. The highest BCUT2D eigenvalue weighted by Gasteiger charge is 2.10. The molecule has 0 fully saturated rings. The molecule has 0 saturated carbocycles. The molecule has 4 nitrogen and oxygen atoms in total. The zero-order valence-corrected chi connectivity index (χ0v) is 13.7. The zero-order chi connectivity index (χ0) is 16.9. The molecule has 0 saturated heterocycles. The van der Waals surface area contributed by atoms with Crippen LogP contribution in [0.5, 0.6) is 0 Å². The summed E-state index contributed by atoms with van der Waals surface area (Å²) in [6.45, 7) is 1.61. The van der Waals surface area contributed by atoms with Crippen molar-refractivity contribution in [3.8, 4) is 0 Å². The van der Waals surface area contributed by atoms with Gasteiger partial charge < -0.3 is 9.47 Å². The van der Waals surface area contributed by atoms with Crippen molar-refractivity contribution in [2.75, 3.05) is 19.9 Å². The van der Waals surface area contributed by atoms with Crippen LogP contribution in [-0.4, -0.2) is 31.8 Å². The van der Waals surface area contributed by atoms with E-state index in [2.05, 4.69) is 11.7 Å². The second-order valence-electron chi connectivity index (χ2n) is 5.31. The molecule has 0 bridgehead atoms. The Labute approximate surface area is 137 Å². The van der Waals surface area contributed by atoms with Gasteiger partial charge in [0.15, 0.2) is 0 Å². The largest absolute Gasteiger partial charge is 0.462 e. The molecule has 0 N–H and O–H groups in total. The first kappa shape index (κ1) is 19.1. The summed E-state index contributed by atoms with van der Waals surface area (Å²) < 4.78 is 21.8. The molecule has 0 aliphatic rings. The van der Waals surface area contributed by atoms with E-state index in [0.29, 0.717) is 12.2 Å². The summed E-state index contributed by atoms with van der Waals surface area (Å²) in [4.78, 5) is 23.3. The van der Waals surface area contributed by atoms with Crippen molar-refractivity contribution in [2.45, 2.75) is 45.4 Å². The summed E-state index contributed by atoms with van der Waals surface area (Å²) in [7, 11) is 0. The Kier molecular flexibility index (Phi) is 9.68. The average Bonchev–Trinajstić information content (AvgIpc) is 2.58. The van der Waals surface area contributed by atoms with E-state index in [0.717, 1.165) is 12.8 Å². The predicted molar refractivity (Wildman–Crippen MR) is 86.4 cm³/mol. The van der Waals surface area contributed by atoms with Crippen LogP contribution in [0.1, 0.15) is 66.2 Å². The van der Waals surface area contributed by atoms with Gasteiger partial charge in [0.05, 0.1) is 17.7 Å². The Morgan fingerprint density at radius 1 is 0.826 bits per heavy atom. The van der Waals surface area contributed by atoms with E-state index in [1.807, 2.05) is 0 Å². The van der Waals surface area contributed by atoms with Gasteiger partial charge >= 0.3 is 11.9 Å². The maximum absolute atomic E-state index is 11.9. The van der Waals surface area contributed by atoms with Crippen LogP contribution in [0.15, 0.2) is 24.3 Å². The number of ether oxygens (including phenoxy) is 2. The molecule has 128 valence electrons.